The molecule has 0 aliphatic carbocycles. The molecule has 0 unspecified atom stereocenters. The van der Waals surface area contributed by atoms with Gasteiger partial charge in [0.2, 0.25) is 11.8 Å². The van der Waals surface area contributed by atoms with Gasteiger partial charge >= 0.3 is 0 Å². The molecule has 27 heavy (non-hydrogen) atoms. The van der Waals surface area contributed by atoms with Gasteiger partial charge < -0.3 is 15.0 Å². The lowest BCUT2D eigenvalue weighted by Gasteiger charge is -2.21. The predicted octanol–water partition coefficient (Wildman–Crippen LogP) is 2.80. The van der Waals surface area contributed by atoms with Crippen molar-refractivity contribution in [2.45, 2.75) is 19.8 Å². The number of amides is 2. The first kappa shape index (κ1) is 20.4. The van der Waals surface area contributed by atoms with Crippen LogP contribution in [-0.2, 0) is 16.0 Å². The Morgan fingerprint density at radius 2 is 1.74 bits per heavy atom. The monoisotopic (exact) mass is 372 g/mol. The zero-order chi connectivity index (χ0) is 19.5. The molecule has 2 amide bonds. The molecule has 1 N–H and O–H groups in total. The standard InChI is InChI=1S/C21H25FN2O3/c1-17(25)24(14-11-18-7-5-6-10-20(18)22)15-13-23-21(26)12-16-27-19-8-3-2-4-9-19/h2-10H,11-16H2,1H3,(H,23,26). The van der Waals surface area contributed by atoms with E-state index in [0.717, 1.165) is 5.75 Å². The maximum atomic E-state index is 13.7. The second kappa shape index (κ2) is 11.0. The Hall–Kier alpha value is -2.89. The molecule has 5 nitrogen and oxygen atoms in total. The second-order valence-electron chi connectivity index (χ2n) is 6.11. The van der Waals surface area contributed by atoms with Gasteiger partial charge in [-0.25, -0.2) is 4.39 Å². The molecule has 2 rings (SSSR count). The lowest BCUT2D eigenvalue weighted by atomic mass is 10.1. The summed E-state index contributed by atoms with van der Waals surface area (Å²) in [6.45, 7) is 2.90. The van der Waals surface area contributed by atoms with Gasteiger partial charge in [-0.2, -0.15) is 0 Å². The molecule has 2 aromatic rings. The van der Waals surface area contributed by atoms with Crippen molar-refractivity contribution in [3.8, 4) is 5.75 Å². The minimum Gasteiger partial charge on any atom is -0.493 e. The number of nitrogens with one attached hydrogen (secondary N) is 1. The molecular weight excluding hydrogens is 347 g/mol. The Balaban J connectivity index is 1.67. The quantitative estimate of drug-likeness (QED) is 0.698. The predicted molar refractivity (Wildman–Crippen MR) is 102 cm³/mol. The van der Waals surface area contributed by atoms with E-state index < -0.39 is 0 Å². The fraction of sp³-hybridized carbons (Fsp3) is 0.333. The van der Waals surface area contributed by atoms with Gasteiger partial charge in [0.1, 0.15) is 11.6 Å². The summed E-state index contributed by atoms with van der Waals surface area (Å²) in [7, 11) is 0. The van der Waals surface area contributed by atoms with E-state index in [9.17, 15) is 14.0 Å². The van der Waals surface area contributed by atoms with Gasteiger partial charge in [-0.15, -0.1) is 0 Å². The number of carbonyl (C=O) groups is 2. The van der Waals surface area contributed by atoms with Crippen LogP contribution in [0.4, 0.5) is 4.39 Å². The van der Waals surface area contributed by atoms with Crippen LogP contribution in [0.3, 0.4) is 0 Å². The SMILES string of the molecule is CC(=O)N(CCNC(=O)CCOc1ccccc1)CCc1ccccc1F. The van der Waals surface area contributed by atoms with Crippen molar-refractivity contribution >= 4 is 11.8 Å². The van der Waals surface area contributed by atoms with Crippen LogP contribution >= 0.6 is 0 Å². The van der Waals surface area contributed by atoms with Crippen LogP contribution in [-0.4, -0.2) is 43.0 Å². The lowest BCUT2D eigenvalue weighted by Crippen LogP contribution is -2.38. The van der Waals surface area contributed by atoms with Gasteiger partial charge in [0.15, 0.2) is 0 Å². The number of benzene rings is 2. The number of rotatable bonds is 10. The Morgan fingerprint density at radius 3 is 2.44 bits per heavy atom. The fourth-order valence-electron chi connectivity index (χ4n) is 2.58. The van der Waals surface area contributed by atoms with E-state index in [1.54, 1.807) is 23.1 Å². The van der Waals surface area contributed by atoms with E-state index in [0.29, 0.717) is 38.2 Å². The van der Waals surface area contributed by atoms with Crippen LogP contribution in [0.1, 0.15) is 18.9 Å². The Labute approximate surface area is 159 Å². The first-order valence-corrected chi connectivity index (χ1v) is 8.99. The number of hydrogen-bond donors (Lipinski definition) is 1. The highest BCUT2D eigenvalue weighted by Crippen LogP contribution is 2.09. The molecule has 0 atom stereocenters. The van der Waals surface area contributed by atoms with E-state index in [1.807, 2.05) is 30.3 Å². The zero-order valence-corrected chi connectivity index (χ0v) is 15.5. The highest BCUT2D eigenvalue weighted by molar-refractivity contribution is 5.76. The van der Waals surface area contributed by atoms with Crippen molar-refractivity contribution in [2.24, 2.45) is 0 Å². The molecule has 6 heteroatoms. The highest BCUT2D eigenvalue weighted by atomic mass is 19.1. The summed E-state index contributed by atoms with van der Waals surface area (Å²) in [4.78, 5) is 25.2. The Kier molecular flexibility index (Phi) is 8.29. The van der Waals surface area contributed by atoms with E-state index in [1.165, 1.54) is 13.0 Å². The number of para-hydroxylation sites is 1. The van der Waals surface area contributed by atoms with Crippen molar-refractivity contribution in [3.63, 3.8) is 0 Å². The Morgan fingerprint density at radius 1 is 1.04 bits per heavy atom. The number of carbonyl (C=O) groups excluding carboxylic acids is 2. The average molecular weight is 372 g/mol. The van der Waals surface area contributed by atoms with E-state index in [4.69, 9.17) is 4.74 Å². The Bertz CT molecular complexity index is 737. The minimum absolute atomic E-state index is 0.104. The van der Waals surface area contributed by atoms with Crippen LogP contribution in [0.15, 0.2) is 54.6 Å². The first-order valence-electron chi connectivity index (χ1n) is 8.99. The number of halogens is 1. The molecule has 0 radical (unpaired) electrons. The van der Waals surface area contributed by atoms with Crippen LogP contribution in [0.2, 0.25) is 0 Å². The zero-order valence-electron chi connectivity index (χ0n) is 15.5. The highest BCUT2D eigenvalue weighted by Gasteiger charge is 2.11. The summed E-state index contributed by atoms with van der Waals surface area (Å²) in [5.41, 5.74) is 0.575. The topological polar surface area (TPSA) is 58.6 Å². The molecule has 0 aliphatic heterocycles. The van der Waals surface area contributed by atoms with Gasteiger partial charge in [0.25, 0.3) is 0 Å². The molecule has 0 spiro atoms. The van der Waals surface area contributed by atoms with Crippen LogP contribution in [0.25, 0.3) is 0 Å². The van der Waals surface area contributed by atoms with Gasteiger partial charge in [0, 0.05) is 26.6 Å². The summed E-state index contributed by atoms with van der Waals surface area (Å²) < 4.78 is 19.1. The third-order valence-electron chi connectivity index (χ3n) is 4.10. The van der Waals surface area contributed by atoms with Crippen LogP contribution in [0, 0.1) is 5.82 Å². The van der Waals surface area contributed by atoms with Crippen molar-refractivity contribution in [2.75, 3.05) is 26.2 Å². The summed E-state index contributed by atoms with van der Waals surface area (Å²) in [5.74, 6) is 0.213. The van der Waals surface area contributed by atoms with Crippen molar-refractivity contribution in [1.82, 2.24) is 10.2 Å². The van der Waals surface area contributed by atoms with E-state index in [-0.39, 0.29) is 24.1 Å². The summed E-state index contributed by atoms with van der Waals surface area (Å²) >= 11 is 0. The van der Waals surface area contributed by atoms with Gasteiger partial charge in [0.05, 0.1) is 13.0 Å². The molecule has 2 aromatic carbocycles. The smallest absolute Gasteiger partial charge is 0.223 e. The van der Waals surface area contributed by atoms with Gasteiger partial charge in [-0.05, 0) is 30.2 Å². The molecule has 0 aromatic heterocycles. The third kappa shape index (κ3) is 7.48. The molecule has 0 saturated carbocycles. The molecule has 144 valence electrons. The largest absolute Gasteiger partial charge is 0.493 e. The van der Waals surface area contributed by atoms with Crippen molar-refractivity contribution < 1.29 is 18.7 Å². The summed E-state index contributed by atoms with van der Waals surface area (Å²) in [5, 5.41) is 2.78. The number of nitrogens with zero attached hydrogens (tertiary/aromatic N) is 1. The molecular formula is C21H25FN2O3. The first-order chi connectivity index (χ1) is 13.1. The maximum Gasteiger partial charge on any atom is 0.223 e. The average Bonchev–Trinajstić information content (AvgIpc) is 2.66. The molecule has 0 heterocycles. The molecule has 0 fully saturated rings. The number of hydrogen-bond acceptors (Lipinski definition) is 3. The van der Waals surface area contributed by atoms with E-state index >= 15 is 0 Å². The normalized spacial score (nSPS) is 10.3. The van der Waals surface area contributed by atoms with Gasteiger partial charge in [-0.1, -0.05) is 36.4 Å². The minimum atomic E-state index is -0.271. The lowest BCUT2D eigenvalue weighted by molar-refractivity contribution is -0.129. The number of ether oxygens (including phenoxy) is 1. The molecule has 0 aliphatic rings. The summed E-state index contributed by atoms with van der Waals surface area (Å²) in [6, 6.07) is 15.8. The van der Waals surface area contributed by atoms with E-state index in [2.05, 4.69) is 5.32 Å². The summed E-state index contributed by atoms with van der Waals surface area (Å²) in [6.07, 6.45) is 0.676. The van der Waals surface area contributed by atoms with Crippen LogP contribution < -0.4 is 10.1 Å². The molecule has 0 bridgehead atoms. The maximum absolute atomic E-state index is 13.7. The fourth-order valence-corrected chi connectivity index (χ4v) is 2.58. The van der Waals surface area contributed by atoms with Crippen molar-refractivity contribution in [3.05, 3.63) is 66.0 Å². The third-order valence-corrected chi connectivity index (χ3v) is 4.10. The van der Waals surface area contributed by atoms with Crippen molar-refractivity contribution in [1.29, 1.82) is 0 Å². The molecule has 0 saturated heterocycles. The van der Waals surface area contributed by atoms with Crippen LogP contribution in [0.5, 0.6) is 5.75 Å². The van der Waals surface area contributed by atoms with Gasteiger partial charge in [-0.3, -0.25) is 9.59 Å². The second-order valence-corrected chi connectivity index (χ2v) is 6.11.